The monoisotopic (exact) mass is 427 g/mol. The molecule has 0 spiro atoms. The molecule has 0 unspecified atom stereocenters. The third-order valence-corrected chi connectivity index (χ3v) is 4.89. The highest BCUT2D eigenvalue weighted by molar-refractivity contribution is 7.98. The van der Waals surface area contributed by atoms with Crippen LogP contribution in [0.2, 0.25) is 5.02 Å². The minimum Gasteiger partial charge on any atom is -0.420 e. The summed E-state index contributed by atoms with van der Waals surface area (Å²) in [5.41, 5.74) is 2.17. The molecule has 4 aromatic rings. The third kappa shape index (κ3) is 4.61. The molecular formula is C18H14ClN7O2S. The van der Waals surface area contributed by atoms with Crippen molar-refractivity contribution in [1.82, 2.24) is 30.4 Å². The van der Waals surface area contributed by atoms with Crippen molar-refractivity contribution in [2.75, 3.05) is 5.32 Å². The molecule has 0 fully saturated rings. The molecule has 0 atom stereocenters. The van der Waals surface area contributed by atoms with E-state index in [-0.39, 0.29) is 5.91 Å². The molecule has 0 bridgehead atoms. The molecule has 9 nitrogen and oxygen atoms in total. The molecule has 0 saturated heterocycles. The number of nitrogens with zero attached hydrogens (tertiary/aromatic N) is 6. The fraction of sp³-hybridized carbons (Fsp3) is 0.111. The summed E-state index contributed by atoms with van der Waals surface area (Å²) in [7, 11) is 0. The van der Waals surface area contributed by atoms with Crippen molar-refractivity contribution in [2.24, 2.45) is 0 Å². The van der Waals surface area contributed by atoms with Crippen LogP contribution in [0, 0.1) is 0 Å². The molecule has 2 heterocycles. The Hall–Kier alpha value is -3.24. The zero-order chi connectivity index (χ0) is 20.2. The van der Waals surface area contributed by atoms with Crippen LogP contribution in [-0.2, 0) is 10.5 Å². The lowest BCUT2D eigenvalue weighted by Gasteiger charge is -2.06. The van der Waals surface area contributed by atoms with Gasteiger partial charge in [-0.25, -0.2) is 0 Å². The van der Waals surface area contributed by atoms with Gasteiger partial charge in [0.25, 0.3) is 0 Å². The second-order valence-electron chi connectivity index (χ2n) is 5.90. The number of hydrogen-bond donors (Lipinski definition) is 1. The highest BCUT2D eigenvalue weighted by Gasteiger charge is 2.14. The van der Waals surface area contributed by atoms with Gasteiger partial charge in [0, 0.05) is 23.2 Å². The molecule has 0 aliphatic rings. The first-order valence-corrected chi connectivity index (χ1v) is 9.82. The van der Waals surface area contributed by atoms with Crippen molar-refractivity contribution in [1.29, 1.82) is 0 Å². The van der Waals surface area contributed by atoms with E-state index in [1.807, 2.05) is 24.3 Å². The SMILES string of the molecule is CC(=O)Nc1cccc(-n2nnnc2SCc2nnc(-c3ccc(Cl)cc3)o2)c1. The molecule has 1 amide bonds. The van der Waals surface area contributed by atoms with Gasteiger partial charge in [-0.15, -0.1) is 15.3 Å². The molecule has 4 rings (SSSR count). The summed E-state index contributed by atoms with van der Waals surface area (Å²) >= 11 is 7.25. The Morgan fingerprint density at radius 1 is 1.17 bits per heavy atom. The number of amides is 1. The van der Waals surface area contributed by atoms with Crippen molar-refractivity contribution in [3.63, 3.8) is 0 Å². The maximum Gasteiger partial charge on any atom is 0.247 e. The number of carbonyl (C=O) groups excluding carboxylic acids is 1. The van der Waals surface area contributed by atoms with Gasteiger partial charge in [-0.1, -0.05) is 29.4 Å². The van der Waals surface area contributed by atoms with E-state index in [0.717, 1.165) is 11.3 Å². The smallest absolute Gasteiger partial charge is 0.247 e. The van der Waals surface area contributed by atoms with Crippen LogP contribution in [-0.4, -0.2) is 36.3 Å². The molecule has 1 N–H and O–H groups in total. The molecule has 0 aliphatic carbocycles. The topological polar surface area (TPSA) is 112 Å². The maximum atomic E-state index is 11.3. The maximum absolute atomic E-state index is 11.3. The van der Waals surface area contributed by atoms with Crippen molar-refractivity contribution in [3.8, 4) is 17.1 Å². The summed E-state index contributed by atoms with van der Waals surface area (Å²) in [4.78, 5) is 11.3. The van der Waals surface area contributed by atoms with Gasteiger partial charge < -0.3 is 9.73 Å². The number of rotatable bonds is 6. The first kappa shape index (κ1) is 19.1. The molecule has 11 heteroatoms. The van der Waals surface area contributed by atoms with Gasteiger partial charge >= 0.3 is 0 Å². The quantitative estimate of drug-likeness (QED) is 0.464. The van der Waals surface area contributed by atoms with Gasteiger partial charge in [-0.2, -0.15) is 4.68 Å². The number of carbonyl (C=O) groups is 1. The third-order valence-electron chi connectivity index (χ3n) is 3.73. The molecule has 2 aromatic heterocycles. The first-order valence-electron chi connectivity index (χ1n) is 8.46. The van der Waals surface area contributed by atoms with Gasteiger partial charge in [-0.05, 0) is 52.9 Å². The largest absolute Gasteiger partial charge is 0.420 e. The Morgan fingerprint density at radius 3 is 2.79 bits per heavy atom. The van der Waals surface area contributed by atoms with Crippen LogP contribution in [0.15, 0.2) is 58.1 Å². The van der Waals surface area contributed by atoms with E-state index < -0.39 is 0 Å². The lowest BCUT2D eigenvalue weighted by atomic mass is 10.2. The summed E-state index contributed by atoms with van der Waals surface area (Å²) in [6.07, 6.45) is 0. The number of thioether (sulfide) groups is 1. The normalized spacial score (nSPS) is 10.8. The number of aromatic nitrogens is 6. The second kappa shape index (κ2) is 8.41. The minimum atomic E-state index is -0.152. The molecule has 0 aliphatic heterocycles. The second-order valence-corrected chi connectivity index (χ2v) is 7.28. The van der Waals surface area contributed by atoms with Gasteiger partial charge in [0.15, 0.2) is 0 Å². The van der Waals surface area contributed by atoms with Crippen LogP contribution in [0.5, 0.6) is 0 Å². The molecule has 29 heavy (non-hydrogen) atoms. The number of tetrazole rings is 1. The highest BCUT2D eigenvalue weighted by atomic mass is 35.5. The van der Waals surface area contributed by atoms with E-state index in [9.17, 15) is 4.79 Å². The summed E-state index contributed by atoms with van der Waals surface area (Å²) in [5.74, 6) is 1.11. The Balaban J connectivity index is 1.48. The predicted octanol–water partition coefficient (Wildman–Crippen LogP) is 3.62. The van der Waals surface area contributed by atoms with E-state index in [2.05, 4.69) is 31.0 Å². The lowest BCUT2D eigenvalue weighted by molar-refractivity contribution is -0.114. The van der Waals surface area contributed by atoms with E-state index in [4.69, 9.17) is 16.0 Å². The van der Waals surface area contributed by atoms with Crippen LogP contribution in [0.4, 0.5) is 5.69 Å². The Kier molecular flexibility index (Phi) is 5.54. The van der Waals surface area contributed by atoms with Gasteiger partial charge in [-0.3, -0.25) is 4.79 Å². The number of halogens is 1. The van der Waals surface area contributed by atoms with Crippen LogP contribution in [0.1, 0.15) is 12.8 Å². The van der Waals surface area contributed by atoms with Gasteiger partial charge in [0.1, 0.15) is 0 Å². The Morgan fingerprint density at radius 2 is 2.00 bits per heavy atom. The lowest BCUT2D eigenvalue weighted by Crippen LogP contribution is -2.07. The standard InChI is InChI=1S/C18H14ClN7O2S/c1-11(27)20-14-3-2-4-15(9-14)26-18(23-24-25-26)29-10-16-21-22-17(28-16)12-5-7-13(19)8-6-12/h2-9H,10H2,1H3,(H,20,27). The van der Waals surface area contributed by atoms with E-state index in [1.165, 1.54) is 18.7 Å². The van der Waals surface area contributed by atoms with Crippen LogP contribution < -0.4 is 5.32 Å². The fourth-order valence-corrected chi connectivity index (χ4v) is 3.35. The summed E-state index contributed by atoms with van der Waals surface area (Å²) in [5, 5.41) is 23.9. The van der Waals surface area contributed by atoms with E-state index >= 15 is 0 Å². The van der Waals surface area contributed by atoms with Crippen LogP contribution in [0.3, 0.4) is 0 Å². The van der Waals surface area contributed by atoms with Crippen molar-refractivity contribution < 1.29 is 9.21 Å². The van der Waals surface area contributed by atoms with Gasteiger partial charge in [0.05, 0.1) is 11.4 Å². The van der Waals surface area contributed by atoms with Crippen LogP contribution in [0.25, 0.3) is 17.1 Å². The molecule has 2 aromatic carbocycles. The minimum absolute atomic E-state index is 0.152. The average Bonchev–Trinajstić information content (AvgIpc) is 3.36. The zero-order valence-corrected chi connectivity index (χ0v) is 16.7. The molecule has 0 saturated carbocycles. The number of anilines is 1. The average molecular weight is 428 g/mol. The van der Waals surface area contributed by atoms with Crippen molar-refractivity contribution in [2.45, 2.75) is 17.8 Å². The Labute approximate surface area is 174 Å². The summed E-state index contributed by atoms with van der Waals surface area (Å²) in [6.45, 7) is 1.45. The predicted molar refractivity (Wildman–Crippen MR) is 108 cm³/mol. The van der Waals surface area contributed by atoms with Crippen LogP contribution >= 0.6 is 23.4 Å². The van der Waals surface area contributed by atoms with Crippen molar-refractivity contribution in [3.05, 3.63) is 59.4 Å². The highest BCUT2D eigenvalue weighted by Crippen LogP contribution is 2.25. The fourth-order valence-electron chi connectivity index (χ4n) is 2.50. The Bertz CT molecular complexity index is 1140. The molecular weight excluding hydrogens is 414 g/mol. The zero-order valence-electron chi connectivity index (χ0n) is 15.1. The number of hydrogen-bond acceptors (Lipinski definition) is 8. The summed E-state index contributed by atoms with van der Waals surface area (Å²) < 4.78 is 7.28. The van der Waals surface area contributed by atoms with Crippen molar-refractivity contribution >= 4 is 35.0 Å². The van der Waals surface area contributed by atoms with E-state index in [0.29, 0.717) is 33.4 Å². The molecule has 146 valence electrons. The summed E-state index contributed by atoms with van der Waals surface area (Å²) in [6, 6.07) is 14.4. The first-order chi connectivity index (χ1) is 14.1. The van der Waals surface area contributed by atoms with Gasteiger partial charge in [0.2, 0.25) is 22.8 Å². The number of benzene rings is 2. The van der Waals surface area contributed by atoms with E-state index in [1.54, 1.807) is 28.9 Å². The molecule has 0 radical (unpaired) electrons. The number of nitrogens with one attached hydrogen (secondary N) is 1.